The molecule has 0 heterocycles. The minimum Gasteiger partial charge on any atom is -0.393 e. The molecule has 0 saturated heterocycles. The van der Waals surface area contributed by atoms with Gasteiger partial charge in [0.1, 0.15) is 5.69 Å². The summed E-state index contributed by atoms with van der Waals surface area (Å²) in [4.78, 5) is 24.0. The van der Waals surface area contributed by atoms with Crippen molar-refractivity contribution in [2.45, 2.75) is 26.4 Å². The predicted octanol–water partition coefficient (Wildman–Crippen LogP) is 1.55. The number of nitro benzene ring substituents is 1. The summed E-state index contributed by atoms with van der Waals surface area (Å²) in [6.07, 6.45) is 0.210. The van der Waals surface area contributed by atoms with Gasteiger partial charge in [-0.1, -0.05) is 19.1 Å². The van der Waals surface area contributed by atoms with Gasteiger partial charge in [0, 0.05) is 19.7 Å². The minimum atomic E-state index is -0.464. The van der Waals surface area contributed by atoms with Gasteiger partial charge in [-0.05, 0) is 25.3 Å². The average molecular weight is 309 g/mol. The summed E-state index contributed by atoms with van der Waals surface area (Å²) in [5.41, 5.74) is 0.375. The molecule has 0 bridgehead atoms. The smallest absolute Gasteiger partial charge is 0.292 e. The molecule has 0 aliphatic carbocycles. The Morgan fingerprint density at radius 1 is 1.41 bits per heavy atom. The molecular weight excluding hydrogens is 286 g/mol. The van der Waals surface area contributed by atoms with E-state index in [9.17, 15) is 20.0 Å². The number of hydrogen-bond donors (Lipinski definition) is 2. The van der Waals surface area contributed by atoms with Crippen molar-refractivity contribution in [2.24, 2.45) is 5.92 Å². The molecule has 1 aromatic carbocycles. The zero-order valence-electron chi connectivity index (χ0n) is 13.2. The molecule has 2 N–H and O–H groups in total. The molecular formula is C15H23N3O4. The highest BCUT2D eigenvalue weighted by Crippen LogP contribution is 2.26. The first-order valence-corrected chi connectivity index (χ1v) is 7.20. The van der Waals surface area contributed by atoms with Crippen LogP contribution in [0.4, 0.5) is 11.4 Å². The van der Waals surface area contributed by atoms with Crippen LogP contribution >= 0.6 is 0 Å². The lowest BCUT2D eigenvalue weighted by atomic mass is 10.0. The number of anilines is 1. The lowest BCUT2D eigenvalue weighted by molar-refractivity contribution is -0.384. The number of rotatable bonds is 8. The van der Waals surface area contributed by atoms with E-state index in [1.807, 2.05) is 6.92 Å². The van der Waals surface area contributed by atoms with E-state index in [1.165, 1.54) is 6.07 Å². The number of hydrogen-bond acceptors (Lipinski definition) is 5. The SMILES string of the molecule is CC(O)CC(C)CNC(=O)CN(C)c1ccccc1[N+](=O)[O-]. The lowest BCUT2D eigenvalue weighted by Gasteiger charge is -2.20. The number of carbonyl (C=O) groups is 1. The number of aliphatic hydroxyl groups is 1. The Kier molecular flexibility index (Phi) is 6.78. The van der Waals surface area contributed by atoms with E-state index in [-0.39, 0.29) is 24.1 Å². The largest absolute Gasteiger partial charge is 0.393 e. The van der Waals surface area contributed by atoms with Crippen LogP contribution in [0.3, 0.4) is 0 Å². The molecule has 22 heavy (non-hydrogen) atoms. The van der Waals surface area contributed by atoms with Gasteiger partial charge in [0.05, 0.1) is 17.6 Å². The Morgan fingerprint density at radius 3 is 2.64 bits per heavy atom. The predicted molar refractivity (Wildman–Crippen MR) is 84.8 cm³/mol. The number of amides is 1. The van der Waals surface area contributed by atoms with Gasteiger partial charge < -0.3 is 15.3 Å². The van der Waals surface area contributed by atoms with Crippen molar-refractivity contribution in [3.8, 4) is 0 Å². The summed E-state index contributed by atoms with van der Waals surface area (Å²) in [6.45, 7) is 4.15. The number of likely N-dealkylation sites (N-methyl/N-ethyl adjacent to an activating group) is 1. The van der Waals surface area contributed by atoms with E-state index in [0.717, 1.165) is 0 Å². The number of para-hydroxylation sites is 2. The Labute approximate surface area is 130 Å². The Bertz CT molecular complexity index is 519. The molecule has 1 rings (SSSR count). The van der Waals surface area contributed by atoms with Crippen molar-refractivity contribution in [3.05, 3.63) is 34.4 Å². The molecule has 0 aromatic heterocycles. The topological polar surface area (TPSA) is 95.7 Å². The monoisotopic (exact) mass is 309 g/mol. The van der Waals surface area contributed by atoms with Crippen LogP contribution in [-0.4, -0.2) is 42.2 Å². The van der Waals surface area contributed by atoms with Crippen molar-refractivity contribution in [1.29, 1.82) is 0 Å². The Balaban J connectivity index is 2.56. The van der Waals surface area contributed by atoms with Gasteiger partial charge in [-0.3, -0.25) is 14.9 Å². The summed E-state index contributed by atoms with van der Waals surface area (Å²) in [7, 11) is 1.64. The van der Waals surface area contributed by atoms with Gasteiger partial charge in [-0.2, -0.15) is 0 Å². The molecule has 2 atom stereocenters. The van der Waals surface area contributed by atoms with Gasteiger partial charge in [0.15, 0.2) is 0 Å². The number of nitro groups is 1. The van der Waals surface area contributed by atoms with Crippen LogP contribution in [0.1, 0.15) is 20.3 Å². The lowest BCUT2D eigenvalue weighted by Crippen LogP contribution is -2.37. The van der Waals surface area contributed by atoms with Crippen LogP contribution in [0.25, 0.3) is 0 Å². The summed E-state index contributed by atoms with van der Waals surface area (Å²) in [5, 5.41) is 23.0. The molecule has 0 aliphatic heterocycles. The third kappa shape index (κ3) is 5.69. The highest BCUT2D eigenvalue weighted by Gasteiger charge is 2.18. The van der Waals surface area contributed by atoms with Crippen LogP contribution in [0.2, 0.25) is 0 Å². The fourth-order valence-electron chi connectivity index (χ4n) is 2.25. The van der Waals surface area contributed by atoms with E-state index in [0.29, 0.717) is 18.7 Å². The van der Waals surface area contributed by atoms with Gasteiger partial charge >= 0.3 is 0 Å². The fraction of sp³-hybridized carbons (Fsp3) is 0.533. The molecule has 1 amide bonds. The molecule has 7 nitrogen and oxygen atoms in total. The maximum atomic E-state index is 11.9. The maximum Gasteiger partial charge on any atom is 0.292 e. The highest BCUT2D eigenvalue weighted by molar-refractivity contribution is 5.82. The molecule has 0 spiro atoms. The highest BCUT2D eigenvalue weighted by atomic mass is 16.6. The first-order chi connectivity index (χ1) is 10.3. The van der Waals surface area contributed by atoms with Gasteiger partial charge in [0.2, 0.25) is 5.91 Å². The molecule has 0 radical (unpaired) electrons. The molecule has 1 aromatic rings. The molecule has 0 fully saturated rings. The van der Waals surface area contributed by atoms with Crippen LogP contribution in [0.5, 0.6) is 0 Å². The third-order valence-corrected chi connectivity index (χ3v) is 3.26. The molecule has 0 aliphatic rings. The van der Waals surface area contributed by atoms with Crippen LogP contribution < -0.4 is 10.2 Å². The van der Waals surface area contributed by atoms with Crippen molar-refractivity contribution < 1.29 is 14.8 Å². The summed E-state index contributed by atoms with van der Waals surface area (Å²) in [6, 6.07) is 6.31. The van der Waals surface area contributed by atoms with Crippen molar-refractivity contribution in [1.82, 2.24) is 5.32 Å². The zero-order chi connectivity index (χ0) is 16.7. The number of nitrogens with one attached hydrogen (secondary N) is 1. The average Bonchev–Trinajstić information content (AvgIpc) is 2.44. The number of nitrogens with zero attached hydrogens (tertiary/aromatic N) is 2. The number of aliphatic hydroxyl groups excluding tert-OH is 1. The van der Waals surface area contributed by atoms with Gasteiger partial charge in [-0.15, -0.1) is 0 Å². The summed E-state index contributed by atoms with van der Waals surface area (Å²) >= 11 is 0. The molecule has 0 saturated carbocycles. The molecule has 122 valence electrons. The van der Waals surface area contributed by atoms with E-state index in [1.54, 1.807) is 37.1 Å². The first-order valence-electron chi connectivity index (χ1n) is 7.20. The van der Waals surface area contributed by atoms with E-state index in [2.05, 4.69) is 5.32 Å². The van der Waals surface area contributed by atoms with Gasteiger partial charge in [0.25, 0.3) is 5.69 Å². The zero-order valence-corrected chi connectivity index (χ0v) is 13.2. The second-order valence-electron chi connectivity index (χ2n) is 5.60. The quantitative estimate of drug-likeness (QED) is 0.561. The van der Waals surface area contributed by atoms with Crippen molar-refractivity contribution >= 4 is 17.3 Å². The maximum absolute atomic E-state index is 11.9. The van der Waals surface area contributed by atoms with E-state index in [4.69, 9.17) is 0 Å². The fourth-order valence-corrected chi connectivity index (χ4v) is 2.25. The van der Waals surface area contributed by atoms with Crippen molar-refractivity contribution in [2.75, 3.05) is 25.0 Å². The Morgan fingerprint density at radius 2 is 2.05 bits per heavy atom. The second-order valence-corrected chi connectivity index (χ2v) is 5.60. The summed E-state index contributed by atoms with van der Waals surface area (Å²) < 4.78 is 0. The Hall–Kier alpha value is -2.15. The molecule has 2 unspecified atom stereocenters. The normalized spacial score (nSPS) is 13.3. The molecule has 7 heteroatoms. The van der Waals surface area contributed by atoms with Crippen LogP contribution in [-0.2, 0) is 4.79 Å². The standard InChI is InChI=1S/C15H23N3O4/c1-11(8-12(2)19)9-16-15(20)10-17(3)13-6-4-5-7-14(13)18(21)22/h4-7,11-12,19H,8-10H2,1-3H3,(H,16,20). The van der Waals surface area contributed by atoms with Crippen molar-refractivity contribution in [3.63, 3.8) is 0 Å². The number of carbonyl (C=O) groups excluding carboxylic acids is 1. The minimum absolute atomic E-state index is 0.0275. The van der Waals surface area contributed by atoms with E-state index >= 15 is 0 Å². The number of benzene rings is 1. The van der Waals surface area contributed by atoms with Crippen LogP contribution in [0, 0.1) is 16.0 Å². The summed E-state index contributed by atoms with van der Waals surface area (Å²) in [5.74, 6) is -0.0431. The van der Waals surface area contributed by atoms with Gasteiger partial charge in [-0.25, -0.2) is 0 Å². The third-order valence-electron chi connectivity index (χ3n) is 3.26. The second kappa shape index (κ2) is 8.33. The van der Waals surface area contributed by atoms with Crippen LogP contribution in [0.15, 0.2) is 24.3 Å². The van der Waals surface area contributed by atoms with E-state index < -0.39 is 11.0 Å². The first kappa shape index (κ1) is 17.9.